The van der Waals surface area contributed by atoms with Crippen LogP contribution in [0.4, 0.5) is 17.1 Å². The molecule has 2 nitrogen and oxygen atoms in total. The maximum atomic E-state index is 9.61. The summed E-state index contributed by atoms with van der Waals surface area (Å²) in [4.78, 5) is 1.88. The second-order valence-corrected chi connectivity index (χ2v) is 13.0. The summed E-state index contributed by atoms with van der Waals surface area (Å²) in [6.45, 7) is 0. The summed E-state index contributed by atoms with van der Waals surface area (Å²) >= 11 is 0. The Labute approximate surface area is 308 Å². The van der Waals surface area contributed by atoms with Gasteiger partial charge < -0.3 is 9.32 Å². The van der Waals surface area contributed by atoms with E-state index in [0.29, 0.717) is 11.3 Å². The molecular formula is C50H33NO. The molecule has 0 saturated carbocycles. The molecular weight excluding hydrogens is 631 g/mol. The first-order valence-corrected chi connectivity index (χ1v) is 17.4. The van der Waals surface area contributed by atoms with Gasteiger partial charge in [-0.25, -0.2) is 0 Å². The van der Waals surface area contributed by atoms with E-state index in [2.05, 4.69) is 42.5 Å². The van der Waals surface area contributed by atoms with Crippen molar-refractivity contribution in [1.29, 1.82) is 0 Å². The summed E-state index contributed by atoms with van der Waals surface area (Å²) in [6, 6.07) is 58.0. The number of furan rings is 1. The lowest BCUT2D eigenvalue weighted by molar-refractivity contribution is 0.672. The Morgan fingerprint density at radius 2 is 1.02 bits per heavy atom. The highest BCUT2D eigenvalue weighted by Gasteiger charge is 2.19. The number of hydrogen-bond acceptors (Lipinski definition) is 2. The van der Waals surface area contributed by atoms with Gasteiger partial charge in [0, 0.05) is 33.1 Å². The van der Waals surface area contributed by atoms with Crippen LogP contribution in [0.3, 0.4) is 0 Å². The van der Waals surface area contributed by atoms with Crippen LogP contribution < -0.4 is 4.90 Å². The molecule has 0 radical (unpaired) electrons. The number of para-hydroxylation sites is 1. The molecule has 0 saturated heterocycles. The van der Waals surface area contributed by atoms with E-state index in [1.54, 1.807) is 0 Å². The van der Waals surface area contributed by atoms with Gasteiger partial charge in [0.1, 0.15) is 11.2 Å². The minimum Gasteiger partial charge on any atom is -0.455 e. The Morgan fingerprint density at radius 3 is 1.85 bits per heavy atom. The van der Waals surface area contributed by atoms with E-state index >= 15 is 0 Å². The summed E-state index contributed by atoms with van der Waals surface area (Å²) in [6.07, 6.45) is 0. The smallest absolute Gasteiger partial charge is 0.143 e. The average molecular weight is 668 g/mol. The highest BCUT2D eigenvalue weighted by Crippen LogP contribution is 2.44. The molecule has 10 aromatic rings. The maximum absolute atomic E-state index is 9.61. The van der Waals surface area contributed by atoms with Crippen molar-refractivity contribution in [3.8, 4) is 33.4 Å². The fourth-order valence-corrected chi connectivity index (χ4v) is 7.40. The van der Waals surface area contributed by atoms with E-state index < -0.39 is 0 Å². The molecule has 52 heavy (non-hydrogen) atoms. The lowest BCUT2D eigenvalue weighted by atomic mass is 9.97. The number of fused-ring (bicyclic) bond motifs is 6. The Bertz CT molecular complexity index is 3100. The molecule has 0 aliphatic rings. The zero-order valence-electron chi connectivity index (χ0n) is 32.1. The van der Waals surface area contributed by atoms with E-state index in [1.807, 2.05) is 138 Å². The van der Waals surface area contributed by atoms with Gasteiger partial charge in [0.2, 0.25) is 0 Å². The topological polar surface area (TPSA) is 16.4 Å². The second-order valence-electron chi connectivity index (χ2n) is 13.0. The van der Waals surface area contributed by atoms with Crippen LogP contribution in [-0.2, 0) is 0 Å². The van der Waals surface area contributed by atoms with Crippen molar-refractivity contribution in [2.24, 2.45) is 0 Å². The predicted molar refractivity (Wildman–Crippen MR) is 220 cm³/mol. The molecule has 244 valence electrons. The molecule has 0 atom stereocenters. The van der Waals surface area contributed by atoms with Gasteiger partial charge in [-0.15, -0.1) is 0 Å². The van der Waals surface area contributed by atoms with E-state index in [9.17, 15) is 5.48 Å². The zero-order chi connectivity index (χ0) is 37.9. The van der Waals surface area contributed by atoms with Gasteiger partial charge >= 0.3 is 0 Å². The highest BCUT2D eigenvalue weighted by molar-refractivity contribution is 6.15. The lowest BCUT2D eigenvalue weighted by Crippen LogP contribution is -2.11. The van der Waals surface area contributed by atoms with Crippen LogP contribution in [0, 0.1) is 0 Å². The quantitative estimate of drug-likeness (QED) is 0.175. The first-order chi connectivity index (χ1) is 27.5. The molecule has 0 N–H and O–H groups in total. The molecule has 1 aromatic heterocycles. The third-order valence-corrected chi connectivity index (χ3v) is 9.94. The minimum atomic E-state index is -0.126. The van der Waals surface area contributed by atoms with Crippen molar-refractivity contribution in [2.75, 3.05) is 4.90 Å². The second kappa shape index (κ2) is 12.5. The Kier molecular flexibility index (Phi) is 6.22. The van der Waals surface area contributed by atoms with E-state index in [1.165, 1.54) is 0 Å². The van der Waals surface area contributed by atoms with Gasteiger partial charge in [-0.2, -0.15) is 0 Å². The van der Waals surface area contributed by atoms with Crippen molar-refractivity contribution in [3.63, 3.8) is 0 Å². The van der Waals surface area contributed by atoms with Crippen LogP contribution in [0.2, 0.25) is 0 Å². The molecule has 0 aliphatic carbocycles. The molecule has 0 spiro atoms. The van der Waals surface area contributed by atoms with Gasteiger partial charge in [0.15, 0.2) is 0 Å². The lowest BCUT2D eigenvalue weighted by Gasteiger charge is -2.28. The maximum Gasteiger partial charge on any atom is 0.143 e. The van der Waals surface area contributed by atoms with Crippen molar-refractivity contribution >= 4 is 60.5 Å². The third-order valence-electron chi connectivity index (χ3n) is 9.94. The first-order valence-electron chi connectivity index (χ1n) is 19.4. The first kappa shape index (κ1) is 26.0. The van der Waals surface area contributed by atoms with Gasteiger partial charge in [-0.3, -0.25) is 0 Å². The van der Waals surface area contributed by atoms with Crippen molar-refractivity contribution < 1.29 is 9.90 Å². The number of hydrogen-bond donors (Lipinski definition) is 0. The Balaban J connectivity index is 1.19. The molecule has 0 fully saturated rings. The van der Waals surface area contributed by atoms with Crippen LogP contribution in [0.5, 0.6) is 0 Å². The van der Waals surface area contributed by atoms with Gasteiger partial charge in [-0.1, -0.05) is 152 Å². The SMILES string of the molecule is [2H]c1c([2H])c(N(c2ccc(-c3ccccc3)cc2)c2ccccc2-c2ccc3oc4c5ccccc5ccc4c3c2)c([2H])c([2H])c1-c1cccc2ccccc12. The predicted octanol–water partition coefficient (Wildman–Crippen LogP) is 14.4. The number of rotatable bonds is 6. The monoisotopic (exact) mass is 667 g/mol. The van der Waals surface area contributed by atoms with Crippen LogP contribution in [-0.4, -0.2) is 0 Å². The van der Waals surface area contributed by atoms with Crippen molar-refractivity contribution in [1.82, 2.24) is 0 Å². The number of anilines is 3. The fourth-order valence-electron chi connectivity index (χ4n) is 7.40. The molecule has 2 heteroatoms. The number of nitrogens with zero attached hydrogens (tertiary/aromatic N) is 1. The Morgan fingerprint density at radius 1 is 0.385 bits per heavy atom. The molecule has 1 heterocycles. The van der Waals surface area contributed by atoms with Crippen LogP contribution in [0.25, 0.3) is 76.9 Å². The highest BCUT2D eigenvalue weighted by atomic mass is 16.3. The molecule has 9 aromatic carbocycles. The van der Waals surface area contributed by atoms with E-state index in [-0.39, 0.29) is 35.4 Å². The molecule has 0 amide bonds. The largest absolute Gasteiger partial charge is 0.455 e. The van der Waals surface area contributed by atoms with Gasteiger partial charge in [-0.05, 0) is 92.5 Å². The van der Waals surface area contributed by atoms with E-state index in [0.717, 1.165) is 71.4 Å². The van der Waals surface area contributed by atoms with Crippen molar-refractivity contribution in [3.05, 3.63) is 200 Å². The summed E-state index contributed by atoms with van der Waals surface area (Å²) in [5.74, 6) is 0. The zero-order valence-corrected chi connectivity index (χ0v) is 28.1. The average Bonchev–Trinajstić information content (AvgIpc) is 3.64. The minimum absolute atomic E-state index is 0.0979. The summed E-state index contributed by atoms with van der Waals surface area (Å²) in [5.41, 5.74) is 8.06. The molecule has 0 unspecified atom stereocenters. The van der Waals surface area contributed by atoms with Gasteiger partial charge in [0.25, 0.3) is 0 Å². The van der Waals surface area contributed by atoms with Crippen LogP contribution in [0.1, 0.15) is 5.48 Å². The van der Waals surface area contributed by atoms with Crippen LogP contribution in [0.15, 0.2) is 205 Å². The summed E-state index contributed by atoms with van der Waals surface area (Å²) < 4.78 is 44.6. The summed E-state index contributed by atoms with van der Waals surface area (Å²) in [7, 11) is 0. The third kappa shape index (κ3) is 5.12. The Hall–Kier alpha value is -6.90. The van der Waals surface area contributed by atoms with Crippen LogP contribution >= 0.6 is 0 Å². The fraction of sp³-hybridized carbons (Fsp3) is 0. The standard InChI is InChI=1S/C50H33NO/c1-2-11-34(12-3-1)35-21-27-40(28-22-35)51(41-29-23-38(24-30-41)43-19-10-15-36-13-4-6-16-42(36)43)48-20-9-8-17-44(48)39-26-32-49-47(33-39)46-31-25-37-14-5-7-18-45(37)50(46)52-49/h1-33H/i23D,24D,29D,30D. The van der Waals surface area contributed by atoms with Gasteiger partial charge in [0.05, 0.1) is 11.2 Å². The van der Waals surface area contributed by atoms with Crippen molar-refractivity contribution in [2.45, 2.75) is 0 Å². The molecule has 0 bridgehead atoms. The molecule has 0 aliphatic heterocycles. The normalized spacial score (nSPS) is 12.5. The molecule has 10 rings (SSSR count). The number of benzene rings is 9. The van der Waals surface area contributed by atoms with E-state index in [4.69, 9.17) is 4.42 Å². The summed E-state index contributed by atoms with van der Waals surface area (Å²) in [5, 5.41) is 6.02.